The Morgan fingerprint density at radius 3 is 2.68 bits per heavy atom. The molecule has 0 aromatic heterocycles. The summed E-state index contributed by atoms with van der Waals surface area (Å²) in [4.78, 5) is 26.2. The summed E-state index contributed by atoms with van der Waals surface area (Å²) in [6, 6.07) is 6.14. The van der Waals surface area contributed by atoms with E-state index in [0.29, 0.717) is 37.1 Å². The number of ether oxygens (including phenoxy) is 1. The van der Waals surface area contributed by atoms with Crippen LogP contribution in [0, 0.1) is 0 Å². The normalized spacial score (nSPS) is 18.7. The van der Waals surface area contributed by atoms with Crippen molar-refractivity contribution in [1.29, 1.82) is 0 Å². The molecule has 1 aliphatic heterocycles. The van der Waals surface area contributed by atoms with Gasteiger partial charge in [-0.15, -0.1) is 0 Å². The van der Waals surface area contributed by atoms with Crippen LogP contribution >= 0.6 is 0 Å². The van der Waals surface area contributed by atoms with Gasteiger partial charge < -0.3 is 15.0 Å². The molecule has 7 nitrogen and oxygen atoms in total. The molecule has 2 rings (SSSR count). The Hall–Kier alpha value is -1.93. The van der Waals surface area contributed by atoms with Crippen LogP contribution in [0.1, 0.15) is 33.6 Å². The number of hydrogen-bond donors (Lipinski definition) is 1. The Morgan fingerprint density at radius 1 is 1.32 bits per heavy atom. The molecule has 138 valence electrons. The predicted molar refractivity (Wildman–Crippen MR) is 94.4 cm³/mol. The lowest BCUT2D eigenvalue weighted by atomic mass is 10.1. The van der Waals surface area contributed by atoms with E-state index in [1.807, 2.05) is 0 Å². The molecule has 0 spiro atoms. The molecule has 25 heavy (non-hydrogen) atoms. The molecule has 8 heteroatoms. The Kier molecular flexibility index (Phi) is 6.55. The molecule has 0 saturated carbocycles. The first-order valence-corrected chi connectivity index (χ1v) is 10.0. The molecule has 1 fully saturated rings. The van der Waals surface area contributed by atoms with E-state index in [-0.39, 0.29) is 29.4 Å². The molecule has 1 aromatic carbocycles. The SMILES string of the molecule is COCCCNC(=O)c1cccc(C(=O)N(C)C2CCS(=O)(=O)C2)c1. The van der Waals surface area contributed by atoms with Crippen LogP contribution in [-0.4, -0.2) is 70.0 Å². The van der Waals surface area contributed by atoms with Crippen LogP contribution in [0.4, 0.5) is 0 Å². The molecule has 1 unspecified atom stereocenters. The minimum atomic E-state index is -3.06. The van der Waals surface area contributed by atoms with Crippen LogP contribution in [0.25, 0.3) is 0 Å². The lowest BCUT2D eigenvalue weighted by molar-refractivity contribution is 0.0747. The molecular weight excluding hydrogens is 344 g/mol. The molecule has 0 bridgehead atoms. The highest BCUT2D eigenvalue weighted by Crippen LogP contribution is 2.19. The summed E-state index contributed by atoms with van der Waals surface area (Å²) in [5.74, 6) is -0.429. The monoisotopic (exact) mass is 368 g/mol. The van der Waals surface area contributed by atoms with Gasteiger partial charge in [-0.1, -0.05) is 6.07 Å². The Bertz CT molecular complexity index is 732. The number of amides is 2. The molecule has 1 aliphatic rings. The Labute approximate surface area is 148 Å². The van der Waals surface area contributed by atoms with Gasteiger partial charge in [0.05, 0.1) is 11.5 Å². The molecule has 0 aliphatic carbocycles. The number of methoxy groups -OCH3 is 1. The van der Waals surface area contributed by atoms with Crippen LogP contribution in [0.3, 0.4) is 0 Å². The molecule has 0 radical (unpaired) electrons. The van der Waals surface area contributed by atoms with Gasteiger partial charge in [-0.05, 0) is 31.0 Å². The quantitative estimate of drug-likeness (QED) is 0.716. The largest absolute Gasteiger partial charge is 0.385 e. The summed E-state index contributed by atoms with van der Waals surface area (Å²) < 4.78 is 28.1. The fourth-order valence-electron chi connectivity index (χ4n) is 2.76. The van der Waals surface area contributed by atoms with Crippen molar-refractivity contribution in [3.05, 3.63) is 35.4 Å². The van der Waals surface area contributed by atoms with Crippen LogP contribution < -0.4 is 5.32 Å². The van der Waals surface area contributed by atoms with E-state index >= 15 is 0 Å². The maximum absolute atomic E-state index is 12.6. The van der Waals surface area contributed by atoms with Crippen molar-refractivity contribution in [1.82, 2.24) is 10.2 Å². The fourth-order valence-corrected chi connectivity index (χ4v) is 4.54. The highest BCUT2D eigenvalue weighted by Gasteiger charge is 2.33. The molecule has 1 atom stereocenters. The number of nitrogens with one attached hydrogen (secondary N) is 1. The first kappa shape index (κ1) is 19.4. The van der Waals surface area contributed by atoms with Crippen LogP contribution in [-0.2, 0) is 14.6 Å². The number of nitrogens with zero attached hydrogens (tertiary/aromatic N) is 1. The summed E-state index contributed by atoms with van der Waals surface area (Å²) >= 11 is 0. The van der Waals surface area contributed by atoms with Gasteiger partial charge in [-0.25, -0.2) is 8.42 Å². The van der Waals surface area contributed by atoms with E-state index < -0.39 is 9.84 Å². The van der Waals surface area contributed by atoms with Gasteiger partial charge in [-0.2, -0.15) is 0 Å². The topological polar surface area (TPSA) is 92.8 Å². The smallest absolute Gasteiger partial charge is 0.253 e. The zero-order valence-electron chi connectivity index (χ0n) is 14.5. The van der Waals surface area contributed by atoms with Crippen molar-refractivity contribution in [2.45, 2.75) is 18.9 Å². The highest BCUT2D eigenvalue weighted by atomic mass is 32.2. The molecule has 1 saturated heterocycles. The van der Waals surface area contributed by atoms with Gasteiger partial charge in [0.2, 0.25) is 0 Å². The summed E-state index contributed by atoms with van der Waals surface area (Å²) in [7, 11) is 0.142. The summed E-state index contributed by atoms with van der Waals surface area (Å²) in [5.41, 5.74) is 0.770. The molecular formula is C17H24N2O5S. The Morgan fingerprint density at radius 2 is 2.04 bits per heavy atom. The van der Waals surface area contributed by atoms with Gasteiger partial charge in [0.1, 0.15) is 0 Å². The summed E-state index contributed by atoms with van der Waals surface area (Å²) in [5, 5.41) is 2.77. The van der Waals surface area contributed by atoms with Crippen molar-refractivity contribution in [2.75, 3.05) is 38.8 Å². The summed E-state index contributed by atoms with van der Waals surface area (Å²) in [6.45, 7) is 1.05. The van der Waals surface area contributed by atoms with Crippen LogP contribution in [0.5, 0.6) is 0 Å². The van der Waals surface area contributed by atoms with Gasteiger partial charge >= 0.3 is 0 Å². The van der Waals surface area contributed by atoms with Crippen molar-refractivity contribution in [3.63, 3.8) is 0 Å². The number of benzene rings is 1. The van der Waals surface area contributed by atoms with E-state index in [4.69, 9.17) is 4.74 Å². The van der Waals surface area contributed by atoms with Crippen molar-refractivity contribution < 1.29 is 22.7 Å². The third-order valence-corrected chi connectivity index (χ3v) is 6.01. The van der Waals surface area contributed by atoms with E-state index in [1.165, 1.54) is 11.0 Å². The van der Waals surface area contributed by atoms with Gasteiger partial charge in [0.25, 0.3) is 11.8 Å². The lowest BCUT2D eigenvalue weighted by Crippen LogP contribution is -2.38. The van der Waals surface area contributed by atoms with E-state index in [9.17, 15) is 18.0 Å². The highest BCUT2D eigenvalue weighted by molar-refractivity contribution is 7.91. The second-order valence-electron chi connectivity index (χ2n) is 6.16. The second kappa shape index (κ2) is 8.44. The maximum atomic E-state index is 12.6. The molecule has 2 amide bonds. The predicted octanol–water partition coefficient (Wildman–Crippen LogP) is 0.712. The fraction of sp³-hybridized carbons (Fsp3) is 0.529. The zero-order chi connectivity index (χ0) is 18.4. The Balaban J connectivity index is 2.02. The van der Waals surface area contributed by atoms with Gasteiger partial charge in [0, 0.05) is 44.5 Å². The minimum absolute atomic E-state index is 0.00504. The number of sulfone groups is 1. The van der Waals surface area contributed by atoms with Gasteiger partial charge in [-0.3, -0.25) is 9.59 Å². The summed E-state index contributed by atoms with van der Waals surface area (Å²) in [6.07, 6.45) is 1.16. The molecule has 1 aromatic rings. The van der Waals surface area contributed by atoms with Crippen LogP contribution in [0.2, 0.25) is 0 Å². The van der Waals surface area contributed by atoms with Crippen molar-refractivity contribution in [3.8, 4) is 0 Å². The minimum Gasteiger partial charge on any atom is -0.385 e. The first-order valence-electron chi connectivity index (χ1n) is 8.19. The van der Waals surface area contributed by atoms with Gasteiger partial charge in [0.15, 0.2) is 9.84 Å². The number of carbonyl (C=O) groups is 2. The first-order chi connectivity index (χ1) is 11.8. The van der Waals surface area contributed by atoms with Crippen molar-refractivity contribution in [2.24, 2.45) is 0 Å². The van der Waals surface area contributed by atoms with E-state index in [0.717, 1.165) is 0 Å². The third kappa shape index (κ3) is 5.27. The number of carbonyl (C=O) groups excluding carboxylic acids is 2. The standard InChI is InChI=1S/C17H24N2O5S/c1-19(15-7-10-25(22,23)12-15)17(21)14-6-3-5-13(11-14)16(20)18-8-4-9-24-2/h3,5-6,11,15H,4,7-10,12H2,1-2H3,(H,18,20). The number of rotatable bonds is 7. The third-order valence-electron chi connectivity index (χ3n) is 4.26. The lowest BCUT2D eigenvalue weighted by Gasteiger charge is -2.23. The maximum Gasteiger partial charge on any atom is 0.253 e. The van der Waals surface area contributed by atoms with E-state index in [1.54, 1.807) is 32.4 Å². The zero-order valence-corrected chi connectivity index (χ0v) is 15.3. The van der Waals surface area contributed by atoms with E-state index in [2.05, 4.69) is 5.32 Å². The van der Waals surface area contributed by atoms with Crippen molar-refractivity contribution >= 4 is 21.7 Å². The second-order valence-corrected chi connectivity index (χ2v) is 8.38. The number of hydrogen-bond acceptors (Lipinski definition) is 5. The van der Waals surface area contributed by atoms with Crippen LogP contribution in [0.15, 0.2) is 24.3 Å². The average molecular weight is 368 g/mol. The molecule has 1 heterocycles. The average Bonchev–Trinajstić information content (AvgIpc) is 2.97. The molecule has 1 N–H and O–H groups in total.